The quantitative estimate of drug-likeness (QED) is 0.750. The summed E-state index contributed by atoms with van der Waals surface area (Å²) in [6.45, 7) is 6.97. The highest BCUT2D eigenvalue weighted by Crippen LogP contribution is 2.22. The normalized spacial score (nSPS) is 12.6. The number of hydrogen-bond acceptors (Lipinski definition) is 3. The maximum Gasteiger partial charge on any atom is 0.332 e. The van der Waals surface area contributed by atoms with Crippen LogP contribution in [0, 0.1) is 0 Å². The summed E-state index contributed by atoms with van der Waals surface area (Å²) < 4.78 is 2.93. The summed E-state index contributed by atoms with van der Waals surface area (Å²) in [5.74, 6) is 0.717. The Morgan fingerprint density at radius 1 is 1.04 bits per heavy atom. The van der Waals surface area contributed by atoms with Crippen LogP contribution in [0.4, 0.5) is 0 Å². The molecule has 0 fully saturated rings. The maximum atomic E-state index is 12.7. The Labute approximate surface area is 146 Å². The molecule has 6 nitrogen and oxygen atoms in total. The molecule has 1 unspecified atom stereocenters. The van der Waals surface area contributed by atoms with E-state index in [2.05, 4.69) is 9.97 Å². The average Bonchev–Trinajstić information content (AvgIpc) is 3.08. The molecule has 3 rings (SSSR count). The van der Waals surface area contributed by atoms with E-state index in [1.165, 1.54) is 4.57 Å². The summed E-state index contributed by atoms with van der Waals surface area (Å²) in [6, 6.07) is 10.0. The topological polar surface area (TPSA) is 72.7 Å². The first-order valence-electron chi connectivity index (χ1n) is 8.86. The Balaban J connectivity index is 2.22. The van der Waals surface area contributed by atoms with Gasteiger partial charge < -0.3 is 4.98 Å². The fourth-order valence-electron chi connectivity index (χ4n) is 3.14. The molecule has 2 aromatic heterocycles. The van der Waals surface area contributed by atoms with Crippen LogP contribution >= 0.6 is 0 Å². The van der Waals surface area contributed by atoms with E-state index in [0.717, 1.165) is 18.4 Å². The second-order valence-corrected chi connectivity index (χ2v) is 6.34. The Morgan fingerprint density at radius 2 is 1.68 bits per heavy atom. The first-order valence-corrected chi connectivity index (χ1v) is 8.86. The maximum absolute atomic E-state index is 12.7. The van der Waals surface area contributed by atoms with E-state index in [4.69, 9.17) is 0 Å². The summed E-state index contributed by atoms with van der Waals surface area (Å²) >= 11 is 0. The molecule has 0 radical (unpaired) electrons. The highest BCUT2D eigenvalue weighted by atomic mass is 16.2. The number of aryl methyl sites for hydroxylation is 1. The second-order valence-electron chi connectivity index (χ2n) is 6.34. The largest absolute Gasteiger partial charge is 0.336 e. The van der Waals surface area contributed by atoms with E-state index in [0.29, 0.717) is 30.1 Å². The molecule has 6 heteroatoms. The number of aromatic nitrogens is 4. The molecular weight excluding hydrogens is 316 g/mol. The number of imidazole rings is 1. The number of nitrogens with one attached hydrogen (secondary N) is 1. The summed E-state index contributed by atoms with van der Waals surface area (Å²) in [5, 5.41) is 0. The van der Waals surface area contributed by atoms with Crippen molar-refractivity contribution in [1.29, 1.82) is 0 Å². The number of nitrogens with zero attached hydrogens (tertiary/aromatic N) is 3. The van der Waals surface area contributed by atoms with Gasteiger partial charge in [-0.05, 0) is 18.4 Å². The predicted octanol–water partition coefficient (Wildman–Crippen LogP) is 2.86. The van der Waals surface area contributed by atoms with Crippen molar-refractivity contribution >= 4 is 11.2 Å². The third-order valence-electron chi connectivity index (χ3n) is 4.48. The third-order valence-corrected chi connectivity index (χ3v) is 4.48. The highest BCUT2D eigenvalue weighted by molar-refractivity contribution is 5.70. The van der Waals surface area contributed by atoms with Gasteiger partial charge in [0.1, 0.15) is 11.3 Å². The van der Waals surface area contributed by atoms with Crippen LogP contribution in [-0.4, -0.2) is 19.1 Å². The van der Waals surface area contributed by atoms with Gasteiger partial charge in [-0.3, -0.25) is 13.9 Å². The number of hydrogen-bond donors (Lipinski definition) is 1. The van der Waals surface area contributed by atoms with Gasteiger partial charge in [-0.15, -0.1) is 0 Å². The molecule has 1 N–H and O–H groups in total. The smallest absolute Gasteiger partial charge is 0.332 e. The van der Waals surface area contributed by atoms with Crippen molar-refractivity contribution in [2.75, 3.05) is 0 Å². The van der Waals surface area contributed by atoms with Crippen LogP contribution < -0.4 is 11.2 Å². The van der Waals surface area contributed by atoms with Crippen molar-refractivity contribution in [3.63, 3.8) is 0 Å². The minimum absolute atomic E-state index is 0.0119. The van der Waals surface area contributed by atoms with Gasteiger partial charge in [-0.1, -0.05) is 51.1 Å². The van der Waals surface area contributed by atoms with Gasteiger partial charge >= 0.3 is 5.69 Å². The van der Waals surface area contributed by atoms with Crippen molar-refractivity contribution in [3.8, 4) is 0 Å². The molecule has 2 heterocycles. The Morgan fingerprint density at radius 3 is 2.32 bits per heavy atom. The highest BCUT2D eigenvalue weighted by Gasteiger charge is 2.19. The third kappa shape index (κ3) is 3.04. The lowest BCUT2D eigenvalue weighted by Crippen LogP contribution is -2.40. The van der Waals surface area contributed by atoms with Crippen LogP contribution in [0.5, 0.6) is 0 Å². The van der Waals surface area contributed by atoms with Crippen LogP contribution in [0.25, 0.3) is 11.2 Å². The van der Waals surface area contributed by atoms with Crippen LogP contribution in [-0.2, 0) is 13.1 Å². The lowest BCUT2D eigenvalue weighted by atomic mass is 10.0. The van der Waals surface area contributed by atoms with Crippen LogP contribution in [0.1, 0.15) is 50.9 Å². The first-order chi connectivity index (χ1) is 12.1. The van der Waals surface area contributed by atoms with E-state index >= 15 is 0 Å². The van der Waals surface area contributed by atoms with E-state index in [1.54, 1.807) is 4.57 Å². The second kappa shape index (κ2) is 7.09. The average molecular weight is 340 g/mol. The summed E-state index contributed by atoms with van der Waals surface area (Å²) in [4.78, 5) is 33.3. The SMILES string of the molecule is CCCn1c(=O)c2[nH]c(C(C)c3ccccc3)nc2n(CCC)c1=O. The molecule has 0 aliphatic carbocycles. The zero-order valence-electron chi connectivity index (χ0n) is 15.0. The van der Waals surface area contributed by atoms with Crippen LogP contribution in [0.3, 0.4) is 0 Å². The van der Waals surface area contributed by atoms with Gasteiger partial charge in [0.25, 0.3) is 5.56 Å². The van der Waals surface area contributed by atoms with Crippen molar-refractivity contribution < 1.29 is 0 Å². The van der Waals surface area contributed by atoms with Crippen molar-refractivity contribution in [1.82, 2.24) is 19.1 Å². The van der Waals surface area contributed by atoms with Crippen molar-refractivity contribution in [2.24, 2.45) is 0 Å². The Hall–Kier alpha value is -2.63. The molecule has 0 amide bonds. The number of rotatable bonds is 6. The molecule has 0 aliphatic rings. The van der Waals surface area contributed by atoms with Crippen LogP contribution in [0.15, 0.2) is 39.9 Å². The van der Waals surface area contributed by atoms with Gasteiger partial charge in [-0.25, -0.2) is 9.78 Å². The zero-order chi connectivity index (χ0) is 18.0. The van der Waals surface area contributed by atoms with Gasteiger partial charge in [0, 0.05) is 19.0 Å². The van der Waals surface area contributed by atoms with E-state index in [-0.39, 0.29) is 17.2 Å². The fraction of sp³-hybridized carbons (Fsp3) is 0.421. The minimum atomic E-state index is -0.284. The molecular formula is C19H24N4O2. The van der Waals surface area contributed by atoms with Crippen molar-refractivity contribution in [3.05, 3.63) is 62.6 Å². The van der Waals surface area contributed by atoms with Gasteiger partial charge in [-0.2, -0.15) is 0 Å². The molecule has 132 valence electrons. The molecule has 25 heavy (non-hydrogen) atoms. The Bertz CT molecular complexity index is 982. The number of benzene rings is 1. The van der Waals surface area contributed by atoms with Gasteiger partial charge in [0.15, 0.2) is 5.65 Å². The molecule has 0 saturated carbocycles. The minimum Gasteiger partial charge on any atom is -0.336 e. The number of H-pyrrole nitrogens is 1. The molecule has 0 saturated heterocycles. The lowest BCUT2D eigenvalue weighted by Gasteiger charge is -2.09. The lowest BCUT2D eigenvalue weighted by molar-refractivity contribution is 0.555. The predicted molar refractivity (Wildman–Crippen MR) is 99.2 cm³/mol. The zero-order valence-corrected chi connectivity index (χ0v) is 15.0. The summed E-state index contributed by atoms with van der Waals surface area (Å²) in [6.07, 6.45) is 1.53. The van der Waals surface area contributed by atoms with E-state index < -0.39 is 0 Å². The van der Waals surface area contributed by atoms with Crippen molar-refractivity contribution in [2.45, 2.75) is 52.6 Å². The monoisotopic (exact) mass is 340 g/mol. The van der Waals surface area contributed by atoms with E-state index in [9.17, 15) is 9.59 Å². The summed E-state index contributed by atoms with van der Waals surface area (Å²) in [5.41, 5.74) is 1.43. The molecule has 0 bridgehead atoms. The molecule has 0 spiro atoms. The van der Waals surface area contributed by atoms with E-state index in [1.807, 2.05) is 51.1 Å². The molecule has 1 aromatic carbocycles. The molecule has 1 atom stereocenters. The van der Waals surface area contributed by atoms with Gasteiger partial charge in [0.2, 0.25) is 0 Å². The Kier molecular flexibility index (Phi) is 4.88. The molecule has 3 aromatic rings. The van der Waals surface area contributed by atoms with Gasteiger partial charge in [0.05, 0.1) is 0 Å². The molecule has 0 aliphatic heterocycles. The number of aromatic amines is 1. The summed E-state index contributed by atoms with van der Waals surface area (Å²) in [7, 11) is 0. The van der Waals surface area contributed by atoms with Crippen LogP contribution in [0.2, 0.25) is 0 Å². The first kappa shape index (κ1) is 17.2. The number of fused-ring (bicyclic) bond motifs is 1. The fourth-order valence-corrected chi connectivity index (χ4v) is 3.14. The standard InChI is InChI=1S/C19H24N4O2/c1-4-11-22-17-15(18(24)23(12-5-2)19(22)25)20-16(21-17)13(3)14-9-7-6-8-10-14/h6-10,13H,4-5,11-12H2,1-3H3,(H,20,21).